The molecule has 0 radical (unpaired) electrons. The third-order valence-electron chi connectivity index (χ3n) is 4.34. The van der Waals surface area contributed by atoms with E-state index in [9.17, 15) is 14.4 Å². The van der Waals surface area contributed by atoms with E-state index in [1.54, 1.807) is 19.9 Å². The Morgan fingerprint density at radius 3 is 2.52 bits per heavy atom. The molecule has 1 aromatic carbocycles. The first-order valence-corrected chi connectivity index (χ1v) is 9.19. The second-order valence-corrected chi connectivity index (χ2v) is 6.51. The topological polar surface area (TPSA) is 122 Å². The number of nitrogens with one attached hydrogen (secondary N) is 3. The Morgan fingerprint density at radius 1 is 1.14 bits per heavy atom. The van der Waals surface area contributed by atoms with Crippen molar-refractivity contribution in [1.82, 2.24) is 25.1 Å². The molecular formula is C20H22N6O3. The Hall–Kier alpha value is -3.75. The molecule has 2 aromatic heterocycles. The number of H-pyrrole nitrogens is 1. The number of aromatic amines is 1. The number of benzene rings is 1. The van der Waals surface area contributed by atoms with E-state index < -0.39 is 11.8 Å². The molecule has 150 valence electrons. The van der Waals surface area contributed by atoms with Crippen molar-refractivity contribution < 1.29 is 9.59 Å². The molecule has 0 aliphatic rings. The van der Waals surface area contributed by atoms with E-state index >= 15 is 0 Å². The molecule has 2 amide bonds. The molecule has 0 fully saturated rings. The number of anilines is 1. The normalized spacial score (nSPS) is 10.6. The summed E-state index contributed by atoms with van der Waals surface area (Å²) in [6.45, 7) is 5.57. The average molecular weight is 394 g/mol. The maximum absolute atomic E-state index is 12.3. The zero-order valence-corrected chi connectivity index (χ0v) is 16.4. The largest absolute Gasteiger partial charge is 0.344 e. The smallest absolute Gasteiger partial charge is 0.314 e. The minimum absolute atomic E-state index is 0.165. The molecule has 0 saturated heterocycles. The lowest BCUT2D eigenvalue weighted by Crippen LogP contribution is -2.35. The van der Waals surface area contributed by atoms with Crippen molar-refractivity contribution in [2.24, 2.45) is 0 Å². The van der Waals surface area contributed by atoms with E-state index in [1.165, 1.54) is 4.68 Å². The Kier molecular flexibility index (Phi) is 5.87. The molecule has 9 heteroatoms. The van der Waals surface area contributed by atoms with Gasteiger partial charge in [-0.3, -0.25) is 19.4 Å². The van der Waals surface area contributed by atoms with E-state index in [1.807, 2.05) is 37.3 Å². The number of rotatable bonds is 5. The van der Waals surface area contributed by atoms with Gasteiger partial charge in [-0.2, -0.15) is 9.78 Å². The van der Waals surface area contributed by atoms with Crippen LogP contribution >= 0.6 is 0 Å². The average Bonchev–Trinajstić information content (AvgIpc) is 3.06. The summed E-state index contributed by atoms with van der Waals surface area (Å²) in [6.07, 6.45) is 0.553. The number of hydrogen-bond acceptors (Lipinski definition) is 5. The summed E-state index contributed by atoms with van der Waals surface area (Å²) >= 11 is 0. The second kappa shape index (κ2) is 8.51. The zero-order chi connectivity index (χ0) is 21.0. The summed E-state index contributed by atoms with van der Waals surface area (Å²) in [7, 11) is 0. The molecule has 3 aromatic rings. The van der Waals surface area contributed by atoms with Crippen molar-refractivity contribution in [1.29, 1.82) is 0 Å². The highest BCUT2D eigenvalue weighted by atomic mass is 16.2. The van der Waals surface area contributed by atoms with Crippen LogP contribution in [0.3, 0.4) is 0 Å². The number of carbonyl (C=O) groups excluding carboxylic acids is 2. The molecule has 9 nitrogen and oxygen atoms in total. The van der Waals surface area contributed by atoms with Gasteiger partial charge in [-0.05, 0) is 25.8 Å². The first-order chi connectivity index (χ1) is 13.9. The Labute approximate surface area is 167 Å². The van der Waals surface area contributed by atoms with Crippen molar-refractivity contribution in [3.05, 3.63) is 69.3 Å². The van der Waals surface area contributed by atoms with Crippen LogP contribution in [0.2, 0.25) is 0 Å². The van der Waals surface area contributed by atoms with Crippen LogP contribution in [0.4, 0.5) is 5.82 Å². The number of nitrogens with zero attached hydrogens (tertiary/aromatic N) is 3. The van der Waals surface area contributed by atoms with Crippen molar-refractivity contribution in [3.8, 4) is 5.95 Å². The molecule has 2 heterocycles. The summed E-state index contributed by atoms with van der Waals surface area (Å²) in [6, 6.07) is 10.9. The van der Waals surface area contributed by atoms with Crippen LogP contribution in [0.15, 0.2) is 41.2 Å². The van der Waals surface area contributed by atoms with Crippen molar-refractivity contribution in [2.45, 2.75) is 33.7 Å². The van der Waals surface area contributed by atoms with Gasteiger partial charge >= 0.3 is 11.8 Å². The van der Waals surface area contributed by atoms with E-state index in [0.717, 1.165) is 5.56 Å². The highest BCUT2D eigenvalue weighted by molar-refractivity contribution is 6.39. The molecule has 0 saturated carbocycles. The second-order valence-electron chi connectivity index (χ2n) is 6.51. The first-order valence-electron chi connectivity index (χ1n) is 9.19. The van der Waals surface area contributed by atoms with E-state index in [4.69, 9.17) is 0 Å². The van der Waals surface area contributed by atoms with Crippen LogP contribution in [0.25, 0.3) is 5.95 Å². The summed E-state index contributed by atoms with van der Waals surface area (Å²) in [4.78, 5) is 43.7. The quantitative estimate of drug-likeness (QED) is 0.565. The Bertz CT molecular complexity index is 1100. The fraction of sp³-hybridized carbons (Fsp3) is 0.250. The van der Waals surface area contributed by atoms with Gasteiger partial charge in [0, 0.05) is 23.9 Å². The summed E-state index contributed by atoms with van der Waals surface area (Å²) in [5.41, 5.74) is 2.37. The van der Waals surface area contributed by atoms with Crippen LogP contribution < -0.4 is 16.2 Å². The van der Waals surface area contributed by atoms with Gasteiger partial charge in [-0.25, -0.2) is 4.98 Å². The van der Waals surface area contributed by atoms with Crippen LogP contribution in [-0.4, -0.2) is 31.6 Å². The number of amides is 2. The molecule has 0 aliphatic heterocycles. The first kappa shape index (κ1) is 20.0. The maximum Gasteiger partial charge on any atom is 0.314 e. The van der Waals surface area contributed by atoms with Gasteiger partial charge in [-0.1, -0.05) is 37.3 Å². The van der Waals surface area contributed by atoms with Gasteiger partial charge in [0.1, 0.15) is 5.82 Å². The fourth-order valence-corrected chi connectivity index (χ4v) is 2.89. The number of aromatic nitrogens is 4. The van der Waals surface area contributed by atoms with Gasteiger partial charge in [0.25, 0.3) is 5.56 Å². The van der Waals surface area contributed by atoms with Gasteiger partial charge in [0.2, 0.25) is 5.95 Å². The van der Waals surface area contributed by atoms with Crippen LogP contribution in [0, 0.1) is 13.8 Å². The molecule has 0 aliphatic carbocycles. The van der Waals surface area contributed by atoms with Crippen molar-refractivity contribution >= 4 is 17.6 Å². The molecule has 0 bridgehead atoms. The lowest BCUT2D eigenvalue weighted by molar-refractivity contribution is -0.136. The van der Waals surface area contributed by atoms with E-state index in [-0.39, 0.29) is 23.9 Å². The minimum Gasteiger partial charge on any atom is -0.344 e. The standard InChI is InChI=1S/C20H22N6O3/c1-4-15-13(3)22-20(24-17(15)27)26-16(10-12(2)25-26)23-19(29)18(28)21-11-14-8-6-5-7-9-14/h5-10H,4,11H2,1-3H3,(H,21,28)(H,23,29)(H,22,24,27). The summed E-state index contributed by atoms with van der Waals surface area (Å²) < 4.78 is 1.30. The van der Waals surface area contributed by atoms with E-state index in [2.05, 4.69) is 25.7 Å². The number of carbonyl (C=O) groups is 2. The zero-order valence-electron chi connectivity index (χ0n) is 16.4. The van der Waals surface area contributed by atoms with Crippen LogP contribution in [-0.2, 0) is 22.6 Å². The molecule has 0 atom stereocenters. The summed E-state index contributed by atoms with van der Waals surface area (Å²) in [5, 5.41) is 9.35. The molecular weight excluding hydrogens is 372 g/mol. The number of hydrogen-bond donors (Lipinski definition) is 3. The Balaban J connectivity index is 1.78. The SMILES string of the molecule is CCc1c(C)nc(-n2nc(C)cc2NC(=O)C(=O)NCc2ccccc2)[nH]c1=O. The Morgan fingerprint density at radius 2 is 1.86 bits per heavy atom. The van der Waals surface area contributed by atoms with Gasteiger partial charge in [0.05, 0.1) is 5.69 Å². The van der Waals surface area contributed by atoms with Gasteiger partial charge in [-0.15, -0.1) is 0 Å². The third kappa shape index (κ3) is 4.57. The highest BCUT2D eigenvalue weighted by Crippen LogP contribution is 2.14. The molecule has 0 spiro atoms. The lowest BCUT2D eigenvalue weighted by Gasteiger charge is -2.10. The van der Waals surface area contributed by atoms with Gasteiger partial charge in [0.15, 0.2) is 0 Å². The van der Waals surface area contributed by atoms with Crippen molar-refractivity contribution in [3.63, 3.8) is 0 Å². The van der Waals surface area contributed by atoms with Crippen LogP contribution in [0.1, 0.15) is 29.4 Å². The third-order valence-corrected chi connectivity index (χ3v) is 4.34. The molecule has 3 rings (SSSR count). The minimum atomic E-state index is -0.841. The predicted molar refractivity (Wildman–Crippen MR) is 108 cm³/mol. The molecule has 0 unspecified atom stereocenters. The van der Waals surface area contributed by atoms with Crippen molar-refractivity contribution in [2.75, 3.05) is 5.32 Å². The molecule has 29 heavy (non-hydrogen) atoms. The fourth-order valence-electron chi connectivity index (χ4n) is 2.89. The summed E-state index contributed by atoms with van der Waals surface area (Å²) in [5.74, 6) is -1.23. The highest BCUT2D eigenvalue weighted by Gasteiger charge is 2.18. The molecule has 3 N–H and O–H groups in total. The monoisotopic (exact) mass is 394 g/mol. The maximum atomic E-state index is 12.3. The lowest BCUT2D eigenvalue weighted by atomic mass is 10.2. The van der Waals surface area contributed by atoms with Crippen LogP contribution in [0.5, 0.6) is 0 Å². The van der Waals surface area contributed by atoms with E-state index in [0.29, 0.717) is 23.4 Å². The predicted octanol–water partition coefficient (Wildman–Crippen LogP) is 1.39. The number of aryl methyl sites for hydroxylation is 2. The van der Waals surface area contributed by atoms with Gasteiger partial charge < -0.3 is 10.6 Å².